The van der Waals surface area contributed by atoms with Crippen molar-refractivity contribution < 1.29 is 13.9 Å². The van der Waals surface area contributed by atoms with E-state index < -0.39 is 5.97 Å². The summed E-state index contributed by atoms with van der Waals surface area (Å²) in [5, 5.41) is 0. The number of rotatable bonds is 7. The number of hydrogen-bond donors (Lipinski definition) is 0. The highest BCUT2D eigenvalue weighted by Gasteiger charge is 2.28. The minimum atomic E-state index is -0.414. The lowest BCUT2D eigenvalue weighted by molar-refractivity contribution is 0.0558. The van der Waals surface area contributed by atoms with Crippen LogP contribution in [0, 0.1) is 5.92 Å². The number of nitrogens with zero attached hydrogens (tertiary/aromatic N) is 1. The molecule has 0 spiro atoms. The molecule has 0 bridgehead atoms. The molecule has 1 unspecified atom stereocenters. The van der Waals surface area contributed by atoms with Crippen molar-refractivity contribution in [2.75, 3.05) is 20.2 Å². The Labute approximate surface area is 114 Å². The van der Waals surface area contributed by atoms with E-state index >= 15 is 0 Å². The predicted octanol–water partition coefficient (Wildman–Crippen LogP) is 3.25. The molecule has 19 heavy (non-hydrogen) atoms. The summed E-state index contributed by atoms with van der Waals surface area (Å²) in [4.78, 5) is 13.8. The number of furan rings is 1. The van der Waals surface area contributed by atoms with E-state index in [0.29, 0.717) is 0 Å². The fourth-order valence-electron chi connectivity index (χ4n) is 2.33. The van der Waals surface area contributed by atoms with E-state index in [4.69, 9.17) is 4.42 Å². The highest BCUT2D eigenvalue weighted by molar-refractivity contribution is 5.86. The summed E-state index contributed by atoms with van der Waals surface area (Å²) >= 11 is 0. The molecule has 1 saturated carbocycles. The van der Waals surface area contributed by atoms with E-state index in [1.807, 2.05) is 6.07 Å². The van der Waals surface area contributed by atoms with Crippen LogP contribution in [-0.4, -0.2) is 31.1 Å². The molecule has 1 aromatic heterocycles. The second-order valence-corrected chi connectivity index (χ2v) is 5.31. The van der Waals surface area contributed by atoms with Crippen LogP contribution in [0.25, 0.3) is 0 Å². The summed E-state index contributed by atoms with van der Waals surface area (Å²) < 4.78 is 10.3. The van der Waals surface area contributed by atoms with Crippen molar-refractivity contribution >= 4 is 5.97 Å². The molecule has 1 aromatic rings. The Bertz CT molecular complexity index is 423. The van der Waals surface area contributed by atoms with Gasteiger partial charge in [0.2, 0.25) is 5.76 Å². The molecule has 0 radical (unpaired) electrons. The molecule has 106 valence electrons. The van der Waals surface area contributed by atoms with Crippen LogP contribution in [0.5, 0.6) is 0 Å². The molecule has 0 amide bonds. The first kappa shape index (κ1) is 14.1. The number of methoxy groups -OCH3 is 1. The van der Waals surface area contributed by atoms with Gasteiger partial charge in [-0.15, -0.1) is 0 Å². The largest absolute Gasteiger partial charge is 0.463 e. The average molecular weight is 265 g/mol. The Hall–Kier alpha value is -1.29. The van der Waals surface area contributed by atoms with E-state index in [1.54, 1.807) is 6.07 Å². The van der Waals surface area contributed by atoms with Crippen molar-refractivity contribution in [3.8, 4) is 0 Å². The van der Waals surface area contributed by atoms with Gasteiger partial charge >= 0.3 is 5.97 Å². The molecular weight excluding hydrogens is 242 g/mol. The highest BCUT2D eigenvalue weighted by atomic mass is 16.5. The molecule has 2 rings (SSSR count). The molecule has 1 heterocycles. The zero-order chi connectivity index (χ0) is 13.8. The first-order chi connectivity index (χ1) is 9.15. The van der Waals surface area contributed by atoms with Gasteiger partial charge in [-0.05, 0) is 50.8 Å². The predicted molar refractivity (Wildman–Crippen MR) is 73.1 cm³/mol. The number of ether oxygens (including phenoxy) is 1. The lowest BCUT2D eigenvalue weighted by Crippen LogP contribution is -2.29. The van der Waals surface area contributed by atoms with Gasteiger partial charge in [0.05, 0.1) is 13.2 Å². The van der Waals surface area contributed by atoms with E-state index in [2.05, 4.69) is 23.5 Å². The molecule has 1 aliphatic carbocycles. The Kier molecular flexibility index (Phi) is 4.64. The minimum absolute atomic E-state index is 0.207. The van der Waals surface area contributed by atoms with Crippen molar-refractivity contribution in [1.29, 1.82) is 0 Å². The summed E-state index contributed by atoms with van der Waals surface area (Å²) in [6, 6.07) is 3.78. The van der Waals surface area contributed by atoms with Crippen LogP contribution in [0.1, 0.15) is 55.5 Å². The van der Waals surface area contributed by atoms with Gasteiger partial charge in [-0.1, -0.05) is 6.92 Å². The third-order valence-corrected chi connectivity index (χ3v) is 3.67. The second-order valence-electron chi connectivity index (χ2n) is 5.31. The van der Waals surface area contributed by atoms with Crippen molar-refractivity contribution in [2.24, 2.45) is 5.92 Å². The van der Waals surface area contributed by atoms with Crippen LogP contribution in [0.2, 0.25) is 0 Å². The van der Waals surface area contributed by atoms with Gasteiger partial charge in [-0.3, -0.25) is 4.90 Å². The molecule has 0 N–H and O–H groups in total. The Balaban J connectivity index is 2.04. The first-order valence-electron chi connectivity index (χ1n) is 7.07. The number of carbonyl (C=O) groups excluding carboxylic acids is 1. The van der Waals surface area contributed by atoms with Crippen LogP contribution in [0.3, 0.4) is 0 Å². The van der Waals surface area contributed by atoms with Crippen molar-refractivity contribution in [3.05, 3.63) is 23.7 Å². The lowest BCUT2D eigenvalue weighted by atomic mass is 10.2. The quantitative estimate of drug-likeness (QED) is 0.710. The minimum Gasteiger partial charge on any atom is -0.463 e. The lowest BCUT2D eigenvalue weighted by Gasteiger charge is -2.27. The molecule has 0 saturated heterocycles. The van der Waals surface area contributed by atoms with Crippen LogP contribution in [0.15, 0.2) is 16.5 Å². The SMILES string of the molecule is CCCN(CC1CC1)C(C)c1ccc(C(=O)OC)o1. The first-order valence-corrected chi connectivity index (χ1v) is 7.07. The molecule has 0 aromatic carbocycles. The van der Waals surface area contributed by atoms with Gasteiger partial charge < -0.3 is 9.15 Å². The van der Waals surface area contributed by atoms with E-state index in [1.165, 1.54) is 20.0 Å². The zero-order valence-electron chi connectivity index (χ0n) is 12.0. The maximum Gasteiger partial charge on any atom is 0.373 e. The maximum atomic E-state index is 11.4. The summed E-state index contributed by atoms with van der Waals surface area (Å²) in [5.74, 6) is 1.56. The zero-order valence-corrected chi connectivity index (χ0v) is 12.0. The van der Waals surface area contributed by atoms with Gasteiger partial charge in [-0.2, -0.15) is 0 Å². The van der Waals surface area contributed by atoms with Crippen LogP contribution in [-0.2, 0) is 4.74 Å². The Morgan fingerprint density at radius 2 is 2.26 bits per heavy atom. The second kappa shape index (κ2) is 6.24. The third-order valence-electron chi connectivity index (χ3n) is 3.67. The summed E-state index contributed by atoms with van der Waals surface area (Å²) in [6.07, 6.45) is 3.82. The molecule has 4 heteroatoms. The smallest absolute Gasteiger partial charge is 0.373 e. The summed E-state index contributed by atoms with van der Waals surface area (Å²) in [7, 11) is 1.37. The van der Waals surface area contributed by atoms with Gasteiger partial charge in [0, 0.05) is 6.54 Å². The highest BCUT2D eigenvalue weighted by Crippen LogP contribution is 2.33. The fraction of sp³-hybridized carbons (Fsp3) is 0.667. The summed E-state index contributed by atoms with van der Waals surface area (Å²) in [6.45, 7) is 6.52. The van der Waals surface area contributed by atoms with Crippen molar-refractivity contribution in [3.63, 3.8) is 0 Å². The Morgan fingerprint density at radius 1 is 1.53 bits per heavy atom. The van der Waals surface area contributed by atoms with Crippen molar-refractivity contribution in [1.82, 2.24) is 4.90 Å². The van der Waals surface area contributed by atoms with Gasteiger partial charge in [-0.25, -0.2) is 4.79 Å². The Morgan fingerprint density at radius 3 is 2.84 bits per heavy atom. The van der Waals surface area contributed by atoms with E-state index in [9.17, 15) is 4.79 Å². The van der Waals surface area contributed by atoms with Crippen molar-refractivity contribution in [2.45, 2.75) is 39.2 Å². The molecular formula is C15H23NO3. The van der Waals surface area contributed by atoms with E-state index in [-0.39, 0.29) is 11.8 Å². The topological polar surface area (TPSA) is 42.7 Å². The molecule has 1 aliphatic rings. The summed E-state index contributed by atoms with van der Waals surface area (Å²) in [5.41, 5.74) is 0. The fourth-order valence-corrected chi connectivity index (χ4v) is 2.33. The average Bonchev–Trinajstić information content (AvgIpc) is 3.09. The standard InChI is InChI=1S/C15H23NO3/c1-4-9-16(10-12-5-6-12)11(2)13-7-8-14(19-13)15(17)18-3/h7-8,11-12H,4-6,9-10H2,1-3H3. The molecule has 4 nitrogen and oxygen atoms in total. The number of hydrogen-bond acceptors (Lipinski definition) is 4. The molecule has 1 atom stereocenters. The monoisotopic (exact) mass is 265 g/mol. The van der Waals surface area contributed by atoms with Gasteiger partial charge in [0.1, 0.15) is 5.76 Å². The number of esters is 1. The van der Waals surface area contributed by atoms with Crippen LogP contribution >= 0.6 is 0 Å². The third kappa shape index (κ3) is 3.60. The van der Waals surface area contributed by atoms with E-state index in [0.717, 1.165) is 31.2 Å². The maximum absolute atomic E-state index is 11.4. The molecule has 0 aliphatic heterocycles. The number of carbonyl (C=O) groups is 1. The van der Waals surface area contributed by atoms with Crippen LogP contribution in [0.4, 0.5) is 0 Å². The normalized spacial score (nSPS) is 16.6. The van der Waals surface area contributed by atoms with Gasteiger partial charge in [0.15, 0.2) is 0 Å². The van der Waals surface area contributed by atoms with Crippen LogP contribution < -0.4 is 0 Å². The van der Waals surface area contributed by atoms with Gasteiger partial charge in [0.25, 0.3) is 0 Å². The molecule has 1 fully saturated rings.